The summed E-state index contributed by atoms with van der Waals surface area (Å²) in [7, 11) is -2.71. The van der Waals surface area contributed by atoms with Crippen LogP contribution < -0.4 is 5.32 Å². The van der Waals surface area contributed by atoms with Crippen molar-refractivity contribution in [2.24, 2.45) is 5.92 Å². The molecular formula is C14H13N3O5S. The highest BCUT2D eigenvalue weighted by molar-refractivity contribution is 7.72. The van der Waals surface area contributed by atoms with Crippen LogP contribution in [0.4, 0.5) is 5.69 Å². The number of carbonyl (C=O) groups excluding carboxylic acids is 1. The van der Waals surface area contributed by atoms with Crippen molar-refractivity contribution in [3.05, 3.63) is 41.8 Å². The van der Waals surface area contributed by atoms with Crippen molar-refractivity contribution in [2.75, 3.05) is 5.32 Å². The maximum atomic E-state index is 12.1. The highest BCUT2D eigenvalue weighted by Gasteiger charge is 2.30. The van der Waals surface area contributed by atoms with Gasteiger partial charge in [0, 0.05) is 11.3 Å². The number of rotatable bonds is 5. The van der Waals surface area contributed by atoms with Crippen LogP contribution in [0.5, 0.6) is 0 Å². The summed E-state index contributed by atoms with van der Waals surface area (Å²) in [5.74, 6) is -1.78. The molecule has 2 unspecified atom stereocenters. The molecule has 120 valence electrons. The zero-order chi connectivity index (χ0) is 17.0. The number of hydrogen-bond donors (Lipinski definition) is 3. The van der Waals surface area contributed by atoms with E-state index < -0.39 is 28.6 Å². The molecule has 23 heavy (non-hydrogen) atoms. The lowest BCUT2D eigenvalue weighted by molar-refractivity contribution is -0.121. The highest BCUT2D eigenvalue weighted by Crippen LogP contribution is 2.25. The Bertz CT molecular complexity index is 812. The maximum Gasteiger partial charge on any atom is 0.244 e. The Hall–Kier alpha value is -2.70. The van der Waals surface area contributed by atoms with Crippen LogP contribution in [0.2, 0.25) is 0 Å². The fourth-order valence-corrected chi connectivity index (χ4v) is 2.32. The molecule has 0 saturated carbocycles. The molecule has 2 atom stereocenters. The molecule has 1 aromatic carbocycles. The summed E-state index contributed by atoms with van der Waals surface area (Å²) in [5, 5.41) is 25.2. The van der Waals surface area contributed by atoms with Gasteiger partial charge in [-0.15, -0.1) is 0 Å². The third-order valence-electron chi connectivity index (χ3n) is 3.19. The summed E-state index contributed by atoms with van der Waals surface area (Å²) in [5.41, 5.74) is 0.565. The first kappa shape index (κ1) is 16.7. The summed E-state index contributed by atoms with van der Waals surface area (Å²) in [6, 6.07) is 7.17. The zero-order valence-electron chi connectivity index (χ0n) is 12.0. The van der Waals surface area contributed by atoms with E-state index in [2.05, 4.69) is 10.5 Å². The monoisotopic (exact) mass is 335 g/mol. The zero-order valence-corrected chi connectivity index (χ0v) is 12.9. The molecule has 2 aromatic rings. The van der Waals surface area contributed by atoms with Gasteiger partial charge < -0.3 is 14.9 Å². The number of benzene rings is 1. The van der Waals surface area contributed by atoms with Gasteiger partial charge in [0.1, 0.15) is 11.9 Å². The molecule has 2 N–H and O–H groups in total. The minimum atomic E-state index is -2.71. The Balaban J connectivity index is 2.14. The summed E-state index contributed by atoms with van der Waals surface area (Å²) in [4.78, 5) is 12.3. The quantitative estimate of drug-likeness (QED) is 0.687. The van der Waals surface area contributed by atoms with Crippen LogP contribution in [0, 0.1) is 24.2 Å². The Kier molecular flexibility index (Phi) is 5.10. The van der Waals surface area contributed by atoms with E-state index in [-0.39, 0.29) is 10.5 Å². The van der Waals surface area contributed by atoms with Gasteiger partial charge in [0.2, 0.25) is 5.91 Å². The molecule has 0 aliphatic rings. The Labute approximate surface area is 133 Å². The Morgan fingerprint density at radius 2 is 2.04 bits per heavy atom. The Morgan fingerprint density at radius 1 is 1.39 bits per heavy atom. The second kappa shape index (κ2) is 7.04. The lowest BCUT2D eigenvalue weighted by atomic mass is 9.97. The second-order valence-electron chi connectivity index (χ2n) is 4.68. The van der Waals surface area contributed by atoms with E-state index in [0.717, 1.165) is 0 Å². The lowest BCUT2D eigenvalue weighted by Crippen LogP contribution is -2.27. The van der Waals surface area contributed by atoms with Crippen molar-refractivity contribution in [1.82, 2.24) is 5.16 Å². The van der Waals surface area contributed by atoms with Crippen molar-refractivity contribution in [2.45, 2.75) is 17.9 Å². The molecule has 0 radical (unpaired) electrons. The highest BCUT2D eigenvalue weighted by atomic mass is 32.2. The van der Waals surface area contributed by atoms with E-state index >= 15 is 0 Å². The first-order valence-electron chi connectivity index (χ1n) is 6.48. The first-order valence-corrected chi connectivity index (χ1v) is 7.66. The van der Waals surface area contributed by atoms with Crippen molar-refractivity contribution < 1.29 is 22.8 Å². The predicted octanol–water partition coefficient (Wildman–Crippen LogP) is 0.765. The van der Waals surface area contributed by atoms with Gasteiger partial charge in [-0.05, 0) is 31.2 Å². The predicted molar refractivity (Wildman–Crippen MR) is 79.0 cm³/mol. The normalized spacial score (nSPS) is 13.3. The van der Waals surface area contributed by atoms with Crippen LogP contribution in [-0.4, -0.2) is 24.6 Å². The van der Waals surface area contributed by atoms with Gasteiger partial charge in [-0.2, -0.15) is 5.26 Å². The minimum Gasteiger partial charge on any atom is -0.386 e. The van der Waals surface area contributed by atoms with E-state index in [1.807, 2.05) is 0 Å². The molecule has 0 aliphatic carbocycles. The minimum absolute atomic E-state index is 0.106. The van der Waals surface area contributed by atoms with Crippen molar-refractivity contribution in [3.63, 3.8) is 0 Å². The molecule has 2 rings (SSSR count). The van der Waals surface area contributed by atoms with E-state index in [1.165, 1.54) is 30.5 Å². The van der Waals surface area contributed by atoms with Crippen LogP contribution in [0.3, 0.4) is 0 Å². The Morgan fingerprint density at radius 3 is 2.52 bits per heavy atom. The number of amides is 1. The van der Waals surface area contributed by atoms with Crippen molar-refractivity contribution >= 4 is 22.3 Å². The summed E-state index contributed by atoms with van der Waals surface area (Å²) in [6.07, 6.45) is -0.140. The summed E-state index contributed by atoms with van der Waals surface area (Å²) < 4.78 is 26.4. The van der Waals surface area contributed by atoms with Gasteiger partial charge >= 0.3 is 0 Å². The second-order valence-corrected chi connectivity index (χ2v) is 5.71. The standard InChI is InChI=1S/C14H13N3O5S/c1-8-12(7-16-22-8)13(18)11(6-15)14(19)17-9-2-4-10(5-3-9)23(20)21/h2-5,7,11,13,18,23H,1H3,(H,17,19). The molecular weight excluding hydrogens is 322 g/mol. The van der Waals surface area contributed by atoms with Crippen LogP contribution in [0.15, 0.2) is 39.9 Å². The number of carbonyl (C=O) groups is 1. The van der Waals surface area contributed by atoms with E-state index in [4.69, 9.17) is 9.78 Å². The smallest absolute Gasteiger partial charge is 0.244 e. The van der Waals surface area contributed by atoms with E-state index in [9.17, 15) is 18.3 Å². The van der Waals surface area contributed by atoms with Gasteiger partial charge in [-0.25, -0.2) is 8.42 Å². The molecule has 0 fully saturated rings. The molecule has 0 spiro atoms. The van der Waals surface area contributed by atoms with E-state index in [0.29, 0.717) is 11.4 Å². The molecule has 0 bridgehead atoms. The number of aromatic nitrogens is 1. The van der Waals surface area contributed by atoms with Gasteiger partial charge in [-0.1, -0.05) is 5.16 Å². The molecule has 0 saturated heterocycles. The number of thiol groups is 1. The van der Waals surface area contributed by atoms with E-state index in [1.54, 1.807) is 13.0 Å². The third-order valence-corrected chi connectivity index (χ3v) is 3.91. The first-order chi connectivity index (χ1) is 10.9. The van der Waals surface area contributed by atoms with Crippen molar-refractivity contribution in [3.8, 4) is 6.07 Å². The largest absolute Gasteiger partial charge is 0.386 e. The van der Waals surface area contributed by atoms with Crippen molar-refractivity contribution in [1.29, 1.82) is 5.26 Å². The van der Waals surface area contributed by atoms with Gasteiger partial charge in [0.25, 0.3) is 0 Å². The number of anilines is 1. The van der Waals surface area contributed by atoms with Crippen LogP contribution in [-0.2, 0) is 15.5 Å². The SMILES string of the molecule is Cc1oncc1C(O)C(C#N)C(=O)Nc1ccc([SH](=O)=O)cc1. The average molecular weight is 335 g/mol. The van der Waals surface area contributed by atoms with Gasteiger partial charge in [0.05, 0.1) is 17.2 Å². The number of nitrogens with one attached hydrogen (secondary N) is 1. The fourth-order valence-electron chi connectivity index (χ4n) is 1.93. The number of nitriles is 1. The number of aryl methyl sites for hydroxylation is 1. The number of aliphatic hydroxyl groups is 1. The number of hydrogen-bond acceptors (Lipinski definition) is 7. The average Bonchev–Trinajstić information content (AvgIpc) is 2.94. The van der Waals surface area contributed by atoms with Crippen LogP contribution >= 0.6 is 0 Å². The number of nitrogens with zero attached hydrogens (tertiary/aromatic N) is 2. The summed E-state index contributed by atoms with van der Waals surface area (Å²) >= 11 is 0. The molecule has 1 amide bonds. The van der Waals surface area contributed by atoms with Crippen LogP contribution in [0.1, 0.15) is 17.4 Å². The molecule has 1 aromatic heterocycles. The number of aliphatic hydroxyl groups excluding tert-OH is 1. The molecule has 8 nitrogen and oxygen atoms in total. The molecule has 0 aliphatic heterocycles. The van der Waals surface area contributed by atoms with Gasteiger partial charge in [-0.3, -0.25) is 4.79 Å². The maximum absolute atomic E-state index is 12.1. The molecule has 9 heteroatoms. The molecule has 1 heterocycles. The van der Waals surface area contributed by atoms with Gasteiger partial charge in [0.15, 0.2) is 16.6 Å². The third kappa shape index (κ3) is 3.74. The van der Waals surface area contributed by atoms with Crippen LogP contribution in [0.25, 0.3) is 0 Å². The fraction of sp³-hybridized carbons (Fsp3) is 0.214. The lowest BCUT2D eigenvalue weighted by Gasteiger charge is -2.15. The summed E-state index contributed by atoms with van der Waals surface area (Å²) in [6.45, 7) is 1.56. The topological polar surface area (TPSA) is 133 Å².